The summed E-state index contributed by atoms with van der Waals surface area (Å²) in [6, 6.07) is 14.3. The minimum absolute atomic E-state index is 0.787. The van der Waals surface area contributed by atoms with Gasteiger partial charge in [-0.15, -0.1) is 0 Å². The quantitative estimate of drug-likeness (QED) is 0.515. The van der Waals surface area contributed by atoms with Crippen LogP contribution in [0.25, 0.3) is 16.8 Å². The zero-order valence-electron chi connectivity index (χ0n) is 7.68. The SMILES string of the molecule is O=CC=Cc1ccc2ccccc2c1. The van der Waals surface area contributed by atoms with Gasteiger partial charge in [-0.1, -0.05) is 42.5 Å². The van der Waals surface area contributed by atoms with Crippen molar-refractivity contribution in [2.75, 3.05) is 0 Å². The van der Waals surface area contributed by atoms with E-state index in [9.17, 15) is 4.79 Å². The largest absolute Gasteiger partial charge is 0.299 e. The maximum atomic E-state index is 10.2. The summed E-state index contributed by atoms with van der Waals surface area (Å²) in [6.07, 6.45) is 4.10. The molecule has 2 aromatic rings. The molecule has 1 nitrogen and oxygen atoms in total. The van der Waals surface area contributed by atoms with E-state index in [1.807, 2.05) is 18.2 Å². The van der Waals surface area contributed by atoms with Crippen LogP contribution in [0.15, 0.2) is 48.5 Å². The first-order valence-corrected chi connectivity index (χ1v) is 4.51. The van der Waals surface area contributed by atoms with Gasteiger partial charge in [0, 0.05) is 0 Å². The van der Waals surface area contributed by atoms with Gasteiger partial charge in [-0.05, 0) is 28.5 Å². The van der Waals surface area contributed by atoms with Gasteiger partial charge in [-0.25, -0.2) is 0 Å². The Labute approximate surface area is 82.7 Å². The average molecular weight is 182 g/mol. The number of aldehydes is 1. The molecule has 2 aromatic carbocycles. The molecule has 0 radical (unpaired) electrons. The van der Waals surface area contributed by atoms with Crippen LogP contribution < -0.4 is 0 Å². The molecule has 1 heteroatoms. The molecular formula is C13H10O. The number of allylic oxidation sites excluding steroid dienone is 1. The van der Waals surface area contributed by atoms with E-state index in [2.05, 4.69) is 24.3 Å². The standard InChI is InChI=1S/C13H10O/c14-9-3-4-11-7-8-12-5-1-2-6-13(12)10-11/h1-10H. The van der Waals surface area contributed by atoms with Crippen LogP contribution in [0.2, 0.25) is 0 Å². The van der Waals surface area contributed by atoms with Crippen molar-refractivity contribution in [1.29, 1.82) is 0 Å². The molecule has 0 heterocycles. The molecule has 0 atom stereocenters. The van der Waals surface area contributed by atoms with Crippen molar-refractivity contribution < 1.29 is 4.79 Å². The monoisotopic (exact) mass is 182 g/mol. The molecule has 0 aliphatic heterocycles. The lowest BCUT2D eigenvalue weighted by Crippen LogP contribution is -1.74. The van der Waals surface area contributed by atoms with Crippen molar-refractivity contribution in [3.05, 3.63) is 54.1 Å². The van der Waals surface area contributed by atoms with Crippen LogP contribution in [-0.4, -0.2) is 6.29 Å². The van der Waals surface area contributed by atoms with E-state index >= 15 is 0 Å². The maximum Gasteiger partial charge on any atom is 0.142 e. The number of benzene rings is 2. The zero-order chi connectivity index (χ0) is 9.80. The summed E-state index contributed by atoms with van der Waals surface area (Å²) in [5, 5.41) is 2.41. The Bertz CT molecular complexity index is 483. The lowest BCUT2D eigenvalue weighted by Gasteiger charge is -1.98. The van der Waals surface area contributed by atoms with Gasteiger partial charge in [-0.2, -0.15) is 0 Å². The zero-order valence-corrected chi connectivity index (χ0v) is 7.68. The third-order valence-electron chi connectivity index (χ3n) is 2.14. The third-order valence-corrected chi connectivity index (χ3v) is 2.14. The second kappa shape index (κ2) is 3.88. The van der Waals surface area contributed by atoms with Crippen molar-refractivity contribution in [1.82, 2.24) is 0 Å². The molecule has 0 unspecified atom stereocenters. The minimum atomic E-state index is 0.787. The fourth-order valence-electron chi connectivity index (χ4n) is 1.46. The molecule has 0 N–H and O–H groups in total. The molecule has 68 valence electrons. The number of rotatable bonds is 2. The van der Waals surface area contributed by atoms with Crippen LogP contribution in [0, 0.1) is 0 Å². The summed E-state index contributed by atoms with van der Waals surface area (Å²) < 4.78 is 0. The normalized spacial score (nSPS) is 10.9. The lowest BCUT2D eigenvalue weighted by molar-refractivity contribution is -0.104. The topological polar surface area (TPSA) is 17.1 Å². The summed E-state index contributed by atoms with van der Waals surface area (Å²) in [5.74, 6) is 0. The minimum Gasteiger partial charge on any atom is -0.299 e. The number of carbonyl (C=O) groups excluding carboxylic acids is 1. The van der Waals surface area contributed by atoms with Gasteiger partial charge in [0.2, 0.25) is 0 Å². The van der Waals surface area contributed by atoms with Crippen LogP contribution in [0.1, 0.15) is 5.56 Å². The Balaban J connectivity index is 2.51. The third kappa shape index (κ3) is 1.72. The average Bonchev–Trinajstić information content (AvgIpc) is 2.26. The van der Waals surface area contributed by atoms with E-state index in [1.54, 1.807) is 6.08 Å². The molecule has 0 bridgehead atoms. The highest BCUT2D eigenvalue weighted by Crippen LogP contribution is 2.16. The van der Waals surface area contributed by atoms with Crippen molar-refractivity contribution >= 4 is 23.1 Å². The van der Waals surface area contributed by atoms with Crippen LogP contribution in [0.3, 0.4) is 0 Å². The first-order chi connectivity index (χ1) is 6.90. The van der Waals surface area contributed by atoms with Gasteiger partial charge in [0.25, 0.3) is 0 Å². The highest BCUT2D eigenvalue weighted by molar-refractivity contribution is 5.85. The Morgan fingerprint density at radius 3 is 2.50 bits per heavy atom. The molecule has 2 rings (SSSR count). The summed E-state index contributed by atoms with van der Waals surface area (Å²) in [6.45, 7) is 0. The molecule has 0 fully saturated rings. The van der Waals surface area contributed by atoms with E-state index in [0.717, 1.165) is 11.8 Å². The van der Waals surface area contributed by atoms with Crippen LogP contribution >= 0.6 is 0 Å². The fourth-order valence-corrected chi connectivity index (χ4v) is 1.46. The van der Waals surface area contributed by atoms with Gasteiger partial charge in [0.15, 0.2) is 0 Å². The van der Waals surface area contributed by atoms with Crippen molar-refractivity contribution in [2.24, 2.45) is 0 Å². The van der Waals surface area contributed by atoms with Crippen molar-refractivity contribution in [2.45, 2.75) is 0 Å². The molecular weight excluding hydrogens is 172 g/mol. The molecule has 0 aliphatic carbocycles. The summed E-state index contributed by atoms with van der Waals surface area (Å²) in [7, 11) is 0. The van der Waals surface area contributed by atoms with Crippen molar-refractivity contribution in [3.63, 3.8) is 0 Å². The Hall–Kier alpha value is -1.89. The first kappa shape index (κ1) is 8.70. The number of fused-ring (bicyclic) bond motifs is 1. The Kier molecular flexibility index (Phi) is 2.41. The first-order valence-electron chi connectivity index (χ1n) is 4.51. The lowest BCUT2D eigenvalue weighted by atomic mass is 10.1. The molecule has 0 spiro atoms. The number of hydrogen-bond acceptors (Lipinski definition) is 1. The predicted molar refractivity (Wildman–Crippen MR) is 59.0 cm³/mol. The molecule has 0 saturated heterocycles. The van der Waals surface area contributed by atoms with Crippen LogP contribution in [0.4, 0.5) is 0 Å². The fraction of sp³-hybridized carbons (Fsp3) is 0. The molecule has 0 saturated carbocycles. The van der Waals surface area contributed by atoms with E-state index in [1.165, 1.54) is 16.8 Å². The van der Waals surface area contributed by atoms with E-state index in [-0.39, 0.29) is 0 Å². The van der Waals surface area contributed by atoms with E-state index < -0.39 is 0 Å². The van der Waals surface area contributed by atoms with E-state index in [4.69, 9.17) is 0 Å². The summed E-state index contributed by atoms with van der Waals surface area (Å²) in [4.78, 5) is 10.2. The van der Waals surface area contributed by atoms with Crippen LogP contribution in [0.5, 0.6) is 0 Å². The highest BCUT2D eigenvalue weighted by atomic mass is 16.1. The Morgan fingerprint density at radius 2 is 1.71 bits per heavy atom. The summed E-state index contributed by atoms with van der Waals surface area (Å²) >= 11 is 0. The number of carbonyl (C=O) groups is 1. The summed E-state index contributed by atoms with van der Waals surface area (Å²) in [5.41, 5.74) is 1.05. The number of hydrogen-bond donors (Lipinski definition) is 0. The molecule has 0 aromatic heterocycles. The molecule has 14 heavy (non-hydrogen) atoms. The van der Waals surface area contributed by atoms with Gasteiger partial charge < -0.3 is 0 Å². The molecule has 0 amide bonds. The smallest absolute Gasteiger partial charge is 0.142 e. The van der Waals surface area contributed by atoms with Crippen molar-refractivity contribution in [3.8, 4) is 0 Å². The second-order valence-electron chi connectivity index (χ2n) is 3.10. The van der Waals surface area contributed by atoms with Gasteiger partial charge >= 0.3 is 0 Å². The van der Waals surface area contributed by atoms with E-state index in [0.29, 0.717) is 0 Å². The maximum absolute atomic E-state index is 10.2. The van der Waals surface area contributed by atoms with Gasteiger partial charge in [0.1, 0.15) is 6.29 Å². The Morgan fingerprint density at radius 1 is 0.929 bits per heavy atom. The van der Waals surface area contributed by atoms with Gasteiger partial charge in [0.05, 0.1) is 0 Å². The van der Waals surface area contributed by atoms with Gasteiger partial charge in [-0.3, -0.25) is 4.79 Å². The second-order valence-corrected chi connectivity index (χ2v) is 3.10. The van der Waals surface area contributed by atoms with Crippen LogP contribution in [-0.2, 0) is 4.79 Å². The molecule has 0 aliphatic rings. The predicted octanol–water partition coefficient (Wildman–Crippen LogP) is 3.05. The highest BCUT2D eigenvalue weighted by Gasteiger charge is 1.91.